The zero-order valence-corrected chi connectivity index (χ0v) is 16.8. The van der Waals surface area contributed by atoms with E-state index in [2.05, 4.69) is 5.32 Å². The minimum Gasteiger partial charge on any atom is -0.449 e. The van der Waals surface area contributed by atoms with Crippen LogP contribution in [0.15, 0.2) is 54.6 Å². The lowest BCUT2D eigenvalue weighted by molar-refractivity contribution is -0.123. The van der Waals surface area contributed by atoms with Gasteiger partial charge in [0.2, 0.25) is 0 Å². The van der Waals surface area contributed by atoms with Gasteiger partial charge >= 0.3 is 5.97 Å². The van der Waals surface area contributed by atoms with Crippen LogP contribution in [0.2, 0.25) is 0 Å². The number of halogens is 1. The second kappa shape index (κ2) is 8.62. The van der Waals surface area contributed by atoms with Crippen molar-refractivity contribution < 1.29 is 18.7 Å². The summed E-state index contributed by atoms with van der Waals surface area (Å²) in [6, 6.07) is 16.1. The summed E-state index contributed by atoms with van der Waals surface area (Å²) >= 11 is 0. The zero-order valence-electron chi connectivity index (χ0n) is 16.8. The molecule has 1 heterocycles. The van der Waals surface area contributed by atoms with Gasteiger partial charge in [-0.25, -0.2) is 9.18 Å². The molecular formula is C23H20FN3O3. The Hall–Kier alpha value is -3.92. The second-order valence-corrected chi connectivity index (χ2v) is 6.79. The van der Waals surface area contributed by atoms with E-state index in [1.165, 1.54) is 19.1 Å². The number of para-hydroxylation sites is 1. The van der Waals surface area contributed by atoms with Crippen LogP contribution in [0.5, 0.6) is 0 Å². The van der Waals surface area contributed by atoms with Gasteiger partial charge in [-0.1, -0.05) is 12.1 Å². The van der Waals surface area contributed by atoms with E-state index in [1.807, 2.05) is 17.6 Å². The van der Waals surface area contributed by atoms with Crippen LogP contribution in [0.3, 0.4) is 0 Å². The van der Waals surface area contributed by atoms with Gasteiger partial charge in [-0.05, 0) is 63.2 Å². The van der Waals surface area contributed by atoms with Gasteiger partial charge in [0.15, 0.2) is 6.10 Å². The fourth-order valence-corrected chi connectivity index (χ4v) is 3.16. The first-order valence-corrected chi connectivity index (χ1v) is 9.27. The number of hydrogen-bond acceptors (Lipinski definition) is 4. The lowest BCUT2D eigenvalue weighted by Crippen LogP contribution is -2.30. The van der Waals surface area contributed by atoms with Crippen molar-refractivity contribution >= 4 is 17.6 Å². The lowest BCUT2D eigenvalue weighted by atomic mass is 10.2. The summed E-state index contributed by atoms with van der Waals surface area (Å²) in [7, 11) is 0. The van der Waals surface area contributed by atoms with E-state index in [9.17, 15) is 14.0 Å². The number of aryl methyl sites for hydroxylation is 1. The van der Waals surface area contributed by atoms with E-state index in [-0.39, 0.29) is 5.82 Å². The number of ether oxygens (including phenoxy) is 1. The van der Waals surface area contributed by atoms with Gasteiger partial charge in [0.25, 0.3) is 5.91 Å². The van der Waals surface area contributed by atoms with Crippen LogP contribution >= 0.6 is 0 Å². The summed E-state index contributed by atoms with van der Waals surface area (Å²) in [4.78, 5) is 25.1. The summed E-state index contributed by atoms with van der Waals surface area (Å²) < 4.78 is 20.4. The van der Waals surface area contributed by atoms with Crippen LogP contribution in [0.4, 0.5) is 10.1 Å². The molecule has 0 aliphatic heterocycles. The first kappa shape index (κ1) is 20.8. The number of carbonyl (C=O) groups is 2. The highest BCUT2D eigenvalue weighted by Crippen LogP contribution is 2.22. The molecule has 0 spiro atoms. The maximum atomic E-state index is 13.2. The van der Waals surface area contributed by atoms with Crippen LogP contribution in [0, 0.1) is 31.0 Å². The normalized spacial score (nSPS) is 11.4. The first-order valence-electron chi connectivity index (χ1n) is 9.27. The molecule has 1 atom stereocenters. The van der Waals surface area contributed by atoms with E-state index in [1.54, 1.807) is 49.4 Å². The lowest BCUT2D eigenvalue weighted by Gasteiger charge is -2.14. The molecule has 0 saturated heterocycles. The number of nitrogens with one attached hydrogen (secondary N) is 1. The number of aromatic nitrogens is 1. The van der Waals surface area contributed by atoms with Crippen molar-refractivity contribution in [1.29, 1.82) is 5.26 Å². The van der Waals surface area contributed by atoms with Crippen LogP contribution < -0.4 is 5.32 Å². The zero-order chi connectivity index (χ0) is 21.8. The number of hydrogen-bond donors (Lipinski definition) is 1. The summed E-state index contributed by atoms with van der Waals surface area (Å²) in [5.74, 6) is -1.54. The number of nitrogens with zero attached hydrogens (tertiary/aromatic N) is 2. The van der Waals surface area contributed by atoms with Crippen LogP contribution in [-0.2, 0) is 9.53 Å². The molecule has 0 aliphatic carbocycles. The molecule has 1 N–H and O–H groups in total. The highest BCUT2D eigenvalue weighted by atomic mass is 19.1. The van der Waals surface area contributed by atoms with Crippen LogP contribution in [0.1, 0.15) is 34.2 Å². The first-order chi connectivity index (χ1) is 14.3. The predicted molar refractivity (Wildman–Crippen MR) is 110 cm³/mol. The van der Waals surface area contributed by atoms with Crippen molar-refractivity contribution in [2.24, 2.45) is 0 Å². The molecule has 6 nitrogen and oxygen atoms in total. The van der Waals surface area contributed by atoms with Crippen molar-refractivity contribution in [2.45, 2.75) is 26.9 Å². The average Bonchev–Trinajstić information content (AvgIpc) is 3.03. The predicted octanol–water partition coefficient (Wildman–Crippen LogP) is 4.29. The summed E-state index contributed by atoms with van der Waals surface area (Å²) in [6.07, 6.45) is -1.07. The number of anilines is 1. The molecule has 1 amide bonds. The molecule has 3 aromatic rings. The van der Waals surface area contributed by atoms with E-state index in [0.29, 0.717) is 28.2 Å². The molecule has 30 heavy (non-hydrogen) atoms. The highest BCUT2D eigenvalue weighted by Gasteiger charge is 2.23. The van der Waals surface area contributed by atoms with Gasteiger partial charge in [-0.2, -0.15) is 5.26 Å². The van der Waals surface area contributed by atoms with Gasteiger partial charge in [-0.15, -0.1) is 0 Å². The third-order valence-electron chi connectivity index (χ3n) is 4.69. The van der Waals surface area contributed by atoms with Crippen molar-refractivity contribution in [1.82, 2.24) is 4.57 Å². The molecule has 2 aromatic carbocycles. The molecule has 7 heteroatoms. The number of nitriles is 1. The maximum absolute atomic E-state index is 13.2. The fraction of sp³-hybridized carbons (Fsp3) is 0.174. The van der Waals surface area contributed by atoms with E-state index < -0.39 is 18.0 Å². The van der Waals surface area contributed by atoms with E-state index in [0.717, 1.165) is 5.69 Å². The number of benzene rings is 2. The molecule has 0 fully saturated rings. The average molecular weight is 405 g/mol. The standard InChI is InChI=1S/C23H20FN3O3/c1-14-12-20(15(2)27(14)19-10-8-18(24)9-11-19)23(29)30-16(3)22(28)26-21-7-5-4-6-17(21)13-25/h4-12,16H,1-3H3,(H,26,28). The second-order valence-electron chi connectivity index (χ2n) is 6.79. The SMILES string of the molecule is Cc1cc(C(=O)OC(C)C(=O)Nc2ccccc2C#N)c(C)n1-c1ccc(F)cc1. The quantitative estimate of drug-likeness (QED) is 0.642. The highest BCUT2D eigenvalue weighted by molar-refractivity contribution is 5.98. The van der Waals surface area contributed by atoms with Gasteiger partial charge in [-0.3, -0.25) is 4.79 Å². The molecule has 1 unspecified atom stereocenters. The Morgan fingerprint density at radius 2 is 1.80 bits per heavy atom. The largest absolute Gasteiger partial charge is 0.449 e. The van der Waals surface area contributed by atoms with E-state index >= 15 is 0 Å². The van der Waals surface area contributed by atoms with Crippen molar-refractivity contribution in [3.8, 4) is 11.8 Å². The molecule has 152 valence electrons. The Labute approximate surface area is 173 Å². The van der Waals surface area contributed by atoms with Crippen LogP contribution in [-0.4, -0.2) is 22.5 Å². The number of rotatable bonds is 5. The minimum absolute atomic E-state index is 0.312. The number of amides is 1. The Morgan fingerprint density at radius 1 is 1.13 bits per heavy atom. The Balaban J connectivity index is 1.76. The van der Waals surface area contributed by atoms with E-state index in [4.69, 9.17) is 10.00 Å². The minimum atomic E-state index is -1.07. The summed E-state index contributed by atoms with van der Waals surface area (Å²) in [5, 5.41) is 11.7. The van der Waals surface area contributed by atoms with Gasteiger partial charge in [0.05, 0.1) is 16.8 Å². The molecular weight excluding hydrogens is 385 g/mol. The molecule has 0 aliphatic rings. The molecule has 1 aromatic heterocycles. The molecule has 3 rings (SSSR count). The topological polar surface area (TPSA) is 84.1 Å². The molecule has 0 radical (unpaired) electrons. The van der Waals surface area contributed by atoms with Crippen LogP contribution in [0.25, 0.3) is 5.69 Å². The molecule has 0 bridgehead atoms. The monoisotopic (exact) mass is 405 g/mol. The number of carbonyl (C=O) groups excluding carboxylic acids is 2. The Kier molecular flexibility index (Phi) is 5.98. The Bertz CT molecular complexity index is 1140. The fourth-order valence-electron chi connectivity index (χ4n) is 3.16. The maximum Gasteiger partial charge on any atom is 0.340 e. The third kappa shape index (κ3) is 4.23. The smallest absolute Gasteiger partial charge is 0.340 e. The van der Waals surface area contributed by atoms with Crippen molar-refractivity contribution in [2.75, 3.05) is 5.32 Å². The van der Waals surface area contributed by atoms with Gasteiger partial charge < -0.3 is 14.6 Å². The Morgan fingerprint density at radius 3 is 2.47 bits per heavy atom. The van der Waals surface area contributed by atoms with Gasteiger partial charge in [0, 0.05) is 17.1 Å². The van der Waals surface area contributed by atoms with Crippen molar-refractivity contribution in [3.63, 3.8) is 0 Å². The molecule has 0 saturated carbocycles. The van der Waals surface area contributed by atoms with Gasteiger partial charge in [0.1, 0.15) is 11.9 Å². The summed E-state index contributed by atoms with van der Waals surface area (Å²) in [5.41, 5.74) is 3.07. The number of esters is 1. The van der Waals surface area contributed by atoms with Crippen molar-refractivity contribution in [3.05, 3.63) is 82.9 Å². The third-order valence-corrected chi connectivity index (χ3v) is 4.69. The summed E-state index contributed by atoms with van der Waals surface area (Å²) in [6.45, 7) is 5.03.